The zero-order chi connectivity index (χ0) is 13.0. The normalized spacial score (nSPS) is 14.1. The molecule has 0 heterocycles. The van der Waals surface area contributed by atoms with E-state index in [1.165, 1.54) is 13.8 Å². The van der Waals surface area contributed by atoms with E-state index >= 15 is 0 Å². The van der Waals surface area contributed by atoms with Crippen molar-refractivity contribution in [3.8, 4) is 0 Å². The van der Waals surface area contributed by atoms with Crippen LogP contribution in [0.1, 0.15) is 31.7 Å². The van der Waals surface area contributed by atoms with Gasteiger partial charge in [-0.15, -0.1) is 0 Å². The van der Waals surface area contributed by atoms with Crippen molar-refractivity contribution in [2.24, 2.45) is 0 Å². The minimum Gasteiger partial charge on any atom is -0.300 e. The number of hydrogen-bond acceptors (Lipinski definition) is 3. The van der Waals surface area contributed by atoms with Crippen molar-refractivity contribution in [3.05, 3.63) is 45.0 Å². The van der Waals surface area contributed by atoms with Crippen molar-refractivity contribution >= 4 is 17.4 Å². The quantitative estimate of drug-likeness (QED) is 0.600. The Kier molecular flexibility index (Phi) is 4.63. The minimum absolute atomic E-state index is 0.0568. The van der Waals surface area contributed by atoms with Gasteiger partial charge in [-0.05, 0) is 24.6 Å². The summed E-state index contributed by atoms with van der Waals surface area (Å²) < 4.78 is 0. The first-order valence-corrected chi connectivity index (χ1v) is 5.68. The van der Waals surface area contributed by atoms with Gasteiger partial charge in [-0.1, -0.05) is 23.7 Å². The highest BCUT2D eigenvalue weighted by molar-refractivity contribution is 6.30. The summed E-state index contributed by atoms with van der Waals surface area (Å²) in [6.07, 6.45) is 0.170. The van der Waals surface area contributed by atoms with E-state index in [-0.39, 0.29) is 17.1 Å². The molecule has 0 radical (unpaired) electrons. The first kappa shape index (κ1) is 13.6. The van der Waals surface area contributed by atoms with Gasteiger partial charge in [0.2, 0.25) is 6.04 Å². The van der Waals surface area contributed by atoms with Crippen LogP contribution in [0.3, 0.4) is 0 Å². The first-order chi connectivity index (χ1) is 7.91. The summed E-state index contributed by atoms with van der Waals surface area (Å²) in [6.45, 7) is 2.96. The van der Waals surface area contributed by atoms with Crippen LogP contribution in [-0.2, 0) is 4.79 Å². The summed E-state index contributed by atoms with van der Waals surface area (Å²) in [5, 5.41) is 11.4. The molecule has 0 aliphatic carbocycles. The molecule has 2 atom stereocenters. The number of hydrogen-bond donors (Lipinski definition) is 0. The van der Waals surface area contributed by atoms with Crippen molar-refractivity contribution in [1.82, 2.24) is 0 Å². The second-order valence-electron chi connectivity index (χ2n) is 4.09. The molecule has 4 nitrogen and oxygen atoms in total. The van der Waals surface area contributed by atoms with Crippen LogP contribution in [0.5, 0.6) is 0 Å². The molecule has 1 rings (SSSR count). The van der Waals surface area contributed by atoms with Gasteiger partial charge in [0.15, 0.2) is 0 Å². The fraction of sp³-hybridized carbons (Fsp3) is 0.417. The molecule has 0 fully saturated rings. The number of nitrogens with zero attached hydrogens (tertiary/aromatic N) is 1. The number of halogens is 1. The Morgan fingerprint density at radius 1 is 1.41 bits per heavy atom. The van der Waals surface area contributed by atoms with Crippen LogP contribution in [-0.4, -0.2) is 16.7 Å². The smallest absolute Gasteiger partial charge is 0.217 e. The Hall–Kier alpha value is -1.42. The molecular weight excluding hydrogens is 242 g/mol. The molecule has 5 heteroatoms. The lowest BCUT2D eigenvalue weighted by atomic mass is 9.88. The van der Waals surface area contributed by atoms with Crippen LogP contribution in [0.2, 0.25) is 5.02 Å². The maximum absolute atomic E-state index is 11.2. The van der Waals surface area contributed by atoms with Crippen LogP contribution >= 0.6 is 11.6 Å². The number of carbonyl (C=O) groups excluding carboxylic acids is 1. The van der Waals surface area contributed by atoms with E-state index in [2.05, 4.69) is 0 Å². The number of carbonyl (C=O) groups is 1. The third-order valence-corrected chi connectivity index (χ3v) is 2.97. The summed E-state index contributed by atoms with van der Waals surface area (Å²) in [7, 11) is 0. The summed E-state index contributed by atoms with van der Waals surface area (Å²) in [5.41, 5.74) is 0.772. The van der Waals surface area contributed by atoms with Gasteiger partial charge >= 0.3 is 0 Å². The highest BCUT2D eigenvalue weighted by atomic mass is 35.5. The molecule has 0 unspecified atom stereocenters. The summed E-state index contributed by atoms with van der Waals surface area (Å²) in [4.78, 5) is 21.6. The van der Waals surface area contributed by atoms with E-state index in [0.29, 0.717) is 5.02 Å². The maximum atomic E-state index is 11.2. The molecule has 0 spiro atoms. The van der Waals surface area contributed by atoms with Crippen LogP contribution in [0, 0.1) is 10.1 Å². The summed E-state index contributed by atoms with van der Waals surface area (Å²) in [5.74, 6) is -0.460. The van der Waals surface area contributed by atoms with Gasteiger partial charge in [0.05, 0.1) is 5.92 Å². The lowest BCUT2D eigenvalue weighted by Crippen LogP contribution is -2.25. The molecule has 92 valence electrons. The predicted octanol–water partition coefficient (Wildman–Crippen LogP) is 3.07. The van der Waals surface area contributed by atoms with Crippen LogP contribution in [0.4, 0.5) is 0 Å². The molecule has 0 aromatic heterocycles. The van der Waals surface area contributed by atoms with Crippen molar-refractivity contribution in [2.75, 3.05) is 0 Å². The highest BCUT2D eigenvalue weighted by Crippen LogP contribution is 2.26. The van der Waals surface area contributed by atoms with Gasteiger partial charge < -0.3 is 4.79 Å². The van der Waals surface area contributed by atoms with Crippen molar-refractivity contribution < 1.29 is 9.72 Å². The third-order valence-electron chi connectivity index (χ3n) is 2.72. The van der Waals surface area contributed by atoms with Gasteiger partial charge in [-0.2, -0.15) is 0 Å². The predicted molar refractivity (Wildman–Crippen MR) is 65.9 cm³/mol. The summed E-state index contributed by atoms with van der Waals surface area (Å²) in [6, 6.07) is 6.03. The average Bonchev–Trinajstić information content (AvgIpc) is 2.26. The molecule has 0 N–H and O–H groups in total. The Morgan fingerprint density at radius 3 is 2.35 bits per heavy atom. The molecule has 1 aromatic carbocycles. The molecule has 0 aliphatic rings. The zero-order valence-corrected chi connectivity index (χ0v) is 10.5. The molecular formula is C12H14ClNO3. The molecule has 0 bridgehead atoms. The average molecular weight is 256 g/mol. The molecule has 0 amide bonds. The van der Waals surface area contributed by atoms with Crippen molar-refractivity contribution in [1.29, 1.82) is 0 Å². The second kappa shape index (κ2) is 5.77. The molecule has 1 aromatic rings. The van der Waals surface area contributed by atoms with E-state index in [9.17, 15) is 14.9 Å². The first-order valence-electron chi connectivity index (χ1n) is 5.30. The molecule has 17 heavy (non-hydrogen) atoms. The lowest BCUT2D eigenvalue weighted by molar-refractivity contribution is -0.522. The monoisotopic (exact) mass is 255 g/mol. The number of benzene rings is 1. The second-order valence-corrected chi connectivity index (χ2v) is 4.53. The number of rotatable bonds is 5. The van der Waals surface area contributed by atoms with Crippen LogP contribution in [0.15, 0.2) is 24.3 Å². The van der Waals surface area contributed by atoms with E-state index in [4.69, 9.17) is 11.6 Å². The number of ketones is 1. The third kappa shape index (κ3) is 3.82. The number of nitro groups is 1. The SMILES string of the molecule is CC(=O)C[C@H](c1ccc(Cl)cc1)[C@H](C)[N+](=O)[O-]. The van der Waals surface area contributed by atoms with Crippen LogP contribution < -0.4 is 0 Å². The molecule has 0 saturated heterocycles. The largest absolute Gasteiger partial charge is 0.300 e. The zero-order valence-electron chi connectivity index (χ0n) is 9.72. The fourth-order valence-electron chi connectivity index (χ4n) is 1.73. The van der Waals surface area contributed by atoms with E-state index < -0.39 is 12.0 Å². The number of Topliss-reactive ketones (excluding diaryl/α,β-unsaturated/α-hetero) is 1. The van der Waals surface area contributed by atoms with Gasteiger partial charge in [-0.3, -0.25) is 10.1 Å². The van der Waals surface area contributed by atoms with E-state index in [1.807, 2.05) is 0 Å². The van der Waals surface area contributed by atoms with Gasteiger partial charge in [-0.25, -0.2) is 0 Å². The Morgan fingerprint density at radius 2 is 1.94 bits per heavy atom. The maximum Gasteiger partial charge on any atom is 0.217 e. The molecule has 0 saturated carbocycles. The van der Waals surface area contributed by atoms with Crippen LogP contribution in [0.25, 0.3) is 0 Å². The standard InChI is InChI=1S/C12H14ClNO3/c1-8(15)7-12(9(2)14(16)17)10-3-5-11(13)6-4-10/h3-6,9,12H,7H2,1-2H3/t9-,12-/m0/s1. The van der Waals surface area contributed by atoms with Crippen molar-refractivity contribution in [3.63, 3.8) is 0 Å². The molecule has 0 aliphatic heterocycles. The van der Waals surface area contributed by atoms with E-state index in [0.717, 1.165) is 5.56 Å². The Bertz CT molecular complexity index is 416. The fourth-order valence-corrected chi connectivity index (χ4v) is 1.86. The minimum atomic E-state index is -0.792. The van der Waals surface area contributed by atoms with Gasteiger partial charge in [0.25, 0.3) is 0 Å². The lowest BCUT2D eigenvalue weighted by Gasteiger charge is -2.17. The highest BCUT2D eigenvalue weighted by Gasteiger charge is 2.29. The van der Waals surface area contributed by atoms with E-state index in [1.54, 1.807) is 24.3 Å². The Labute approximate surface area is 105 Å². The summed E-state index contributed by atoms with van der Waals surface area (Å²) >= 11 is 5.76. The topological polar surface area (TPSA) is 60.2 Å². The Balaban J connectivity index is 3.01. The van der Waals surface area contributed by atoms with Crippen molar-refractivity contribution in [2.45, 2.75) is 32.2 Å². The van der Waals surface area contributed by atoms with Gasteiger partial charge in [0.1, 0.15) is 5.78 Å². The van der Waals surface area contributed by atoms with Gasteiger partial charge in [0, 0.05) is 23.3 Å².